The highest BCUT2D eigenvalue weighted by atomic mass is 16.5. The number of likely N-dealkylation sites (N-methyl/N-ethyl adjacent to an activating group) is 1. The van der Waals surface area contributed by atoms with Gasteiger partial charge in [-0.05, 0) is 54.4 Å². The van der Waals surface area contributed by atoms with Crippen molar-refractivity contribution < 1.29 is 14.3 Å². The van der Waals surface area contributed by atoms with E-state index in [1.165, 1.54) is 0 Å². The van der Waals surface area contributed by atoms with Crippen LogP contribution < -0.4 is 10.6 Å². The molecule has 0 spiro atoms. The monoisotopic (exact) mass is 538 g/mol. The highest BCUT2D eigenvalue weighted by Crippen LogP contribution is 2.25. The highest BCUT2D eigenvalue weighted by Gasteiger charge is 2.11. The summed E-state index contributed by atoms with van der Waals surface area (Å²) in [6, 6.07) is 15.9. The third-order valence-corrected chi connectivity index (χ3v) is 6.51. The molecule has 2 aliphatic heterocycles. The number of hydrogen-bond acceptors (Lipinski definition) is 8. The van der Waals surface area contributed by atoms with Crippen LogP contribution in [0.5, 0.6) is 0 Å². The molecule has 0 saturated carbocycles. The second-order valence-electron chi connectivity index (χ2n) is 9.84. The summed E-state index contributed by atoms with van der Waals surface area (Å²) in [6.07, 6.45) is 5.88. The summed E-state index contributed by atoms with van der Waals surface area (Å²) >= 11 is 0. The number of nitrogens with one attached hydrogen (secondary N) is 2. The molecule has 40 heavy (non-hydrogen) atoms. The fraction of sp³-hybridized carbons (Fsp3) is 0.323. The van der Waals surface area contributed by atoms with Gasteiger partial charge in [0.15, 0.2) is 0 Å². The average Bonchev–Trinajstić information content (AvgIpc) is 2.95. The molecular formula is C31H34N6O3. The van der Waals surface area contributed by atoms with Crippen molar-refractivity contribution in [2.75, 3.05) is 63.7 Å². The number of carbonyl (C=O) groups is 1. The van der Waals surface area contributed by atoms with E-state index in [2.05, 4.69) is 56.4 Å². The molecule has 1 amide bonds. The molecule has 0 radical (unpaired) electrons. The average molecular weight is 539 g/mol. The Labute approximate surface area is 235 Å². The van der Waals surface area contributed by atoms with Crippen LogP contribution in [0, 0.1) is 11.8 Å². The van der Waals surface area contributed by atoms with E-state index in [9.17, 15) is 4.79 Å². The minimum Gasteiger partial charge on any atom is -0.379 e. The predicted octanol–water partition coefficient (Wildman–Crippen LogP) is 3.68. The van der Waals surface area contributed by atoms with Gasteiger partial charge in [-0.1, -0.05) is 36.3 Å². The lowest BCUT2D eigenvalue weighted by Crippen LogP contribution is -2.36. The molecule has 9 heteroatoms. The number of fused-ring (bicyclic) bond motifs is 7. The van der Waals surface area contributed by atoms with Crippen LogP contribution in [0.25, 0.3) is 11.3 Å². The molecule has 2 N–H and O–H groups in total. The number of rotatable bonds is 2. The maximum Gasteiger partial charge on any atom is 0.300 e. The van der Waals surface area contributed by atoms with E-state index in [0.717, 1.165) is 47.7 Å². The topological polar surface area (TPSA) is 91.8 Å². The number of carbonyl (C=O) groups excluding carboxylic acids is 1. The normalized spacial score (nSPS) is 17.3. The molecule has 5 rings (SSSR count). The van der Waals surface area contributed by atoms with Crippen molar-refractivity contribution in [2.24, 2.45) is 0 Å². The van der Waals surface area contributed by atoms with Crippen LogP contribution in [0.15, 0.2) is 66.9 Å². The Hall–Kier alpha value is -4.07. The van der Waals surface area contributed by atoms with Crippen molar-refractivity contribution in [3.8, 4) is 23.1 Å². The summed E-state index contributed by atoms with van der Waals surface area (Å²) in [5.41, 5.74) is 5.33. The number of benzene rings is 2. The van der Waals surface area contributed by atoms with Crippen molar-refractivity contribution in [3.63, 3.8) is 0 Å². The van der Waals surface area contributed by atoms with Crippen LogP contribution in [-0.4, -0.2) is 78.7 Å². The molecule has 1 aromatic heterocycles. The van der Waals surface area contributed by atoms with Gasteiger partial charge in [0.2, 0.25) is 5.95 Å². The number of ether oxygens (including phenoxy) is 2. The van der Waals surface area contributed by atoms with Crippen LogP contribution in [0.3, 0.4) is 0 Å². The zero-order valence-corrected chi connectivity index (χ0v) is 22.7. The molecule has 9 nitrogen and oxygen atoms in total. The maximum absolute atomic E-state index is 12.7. The second kappa shape index (κ2) is 13.8. The van der Waals surface area contributed by atoms with Gasteiger partial charge in [0.1, 0.15) is 0 Å². The molecule has 2 aliphatic rings. The Bertz CT molecular complexity index is 1410. The van der Waals surface area contributed by atoms with Crippen LogP contribution in [0.4, 0.5) is 17.3 Å². The van der Waals surface area contributed by atoms with E-state index < -0.39 is 0 Å². The van der Waals surface area contributed by atoms with Gasteiger partial charge >= 0.3 is 0 Å². The minimum atomic E-state index is -0.347. The van der Waals surface area contributed by atoms with Gasteiger partial charge < -0.3 is 20.1 Å². The summed E-state index contributed by atoms with van der Waals surface area (Å²) in [7, 11) is 2.05. The van der Waals surface area contributed by atoms with E-state index in [-0.39, 0.29) is 5.91 Å². The minimum absolute atomic E-state index is 0.347. The fourth-order valence-corrected chi connectivity index (χ4v) is 4.55. The molecule has 206 valence electrons. The number of amides is 1. The third-order valence-electron chi connectivity index (χ3n) is 6.51. The molecule has 3 aromatic rings. The van der Waals surface area contributed by atoms with Gasteiger partial charge in [-0.25, -0.2) is 9.97 Å². The largest absolute Gasteiger partial charge is 0.379 e. The highest BCUT2D eigenvalue weighted by molar-refractivity contribution is 6.04. The van der Waals surface area contributed by atoms with Gasteiger partial charge in [-0.2, -0.15) is 0 Å². The van der Waals surface area contributed by atoms with Crippen molar-refractivity contribution in [1.82, 2.24) is 19.8 Å². The first-order valence-corrected chi connectivity index (χ1v) is 13.5. The number of nitrogens with zero attached hydrogens (tertiary/aromatic N) is 4. The van der Waals surface area contributed by atoms with Gasteiger partial charge in [0.25, 0.3) is 5.91 Å². The third kappa shape index (κ3) is 8.21. The zero-order valence-electron chi connectivity index (χ0n) is 22.7. The maximum atomic E-state index is 12.7. The molecule has 6 bridgehead atoms. The summed E-state index contributed by atoms with van der Waals surface area (Å²) < 4.78 is 11.2. The number of aromatic nitrogens is 2. The lowest BCUT2D eigenvalue weighted by atomic mass is 10.1. The SMILES string of the molecule is CN1C/C=C/COCc2cccc(c2)-c2ccnc(n2)Nc2cc(cc(NC(=O)C#CCN3CCOCC3)c2)C1. The molecule has 1 saturated heterocycles. The van der Waals surface area contributed by atoms with Crippen LogP contribution in [0.1, 0.15) is 11.1 Å². The van der Waals surface area contributed by atoms with E-state index in [1.54, 1.807) is 6.20 Å². The van der Waals surface area contributed by atoms with Gasteiger partial charge in [-0.15, -0.1) is 0 Å². The van der Waals surface area contributed by atoms with Gasteiger partial charge in [-0.3, -0.25) is 14.6 Å². The quantitative estimate of drug-likeness (QED) is 0.377. The van der Waals surface area contributed by atoms with E-state index >= 15 is 0 Å². The molecule has 1 fully saturated rings. The molecule has 3 heterocycles. The van der Waals surface area contributed by atoms with Crippen molar-refractivity contribution in [3.05, 3.63) is 78.0 Å². The first kappa shape index (κ1) is 27.5. The van der Waals surface area contributed by atoms with Gasteiger partial charge in [0.05, 0.1) is 38.7 Å². The first-order chi connectivity index (χ1) is 19.6. The summed E-state index contributed by atoms with van der Waals surface area (Å²) in [4.78, 5) is 26.2. The molecule has 0 aliphatic carbocycles. The summed E-state index contributed by atoms with van der Waals surface area (Å²) in [5.74, 6) is 5.82. The van der Waals surface area contributed by atoms with Crippen molar-refractivity contribution in [1.29, 1.82) is 0 Å². The van der Waals surface area contributed by atoms with Crippen LogP contribution in [0.2, 0.25) is 0 Å². The lowest BCUT2D eigenvalue weighted by molar-refractivity contribution is -0.111. The van der Waals surface area contributed by atoms with Crippen LogP contribution in [-0.2, 0) is 27.4 Å². The number of anilines is 3. The van der Waals surface area contributed by atoms with E-state index in [1.807, 2.05) is 48.5 Å². The summed E-state index contributed by atoms with van der Waals surface area (Å²) in [5, 5.41) is 6.26. The van der Waals surface area contributed by atoms with Gasteiger partial charge in [0, 0.05) is 49.3 Å². The van der Waals surface area contributed by atoms with E-state index in [4.69, 9.17) is 14.5 Å². The molecule has 0 atom stereocenters. The summed E-state index contributed by atoms with van der Waals surface area (Å²) in [6.45, 7) is 6.12. The fourth-order valence-electron chi connectivity index (χ4n) is 4.55. The smallest absolute Gasteiger partial charge is 0.300 e. The number of hydrogen-bond donors (Lipinski definition) is 2. The molecular weight excluding hydrogens is 504 g/mol. The molecule has 0 unspecified atom stereocenters. The Morgan fingerprint density at radius 1 is 1.07 bits per heavy atom. The standard InChI is InChI=1S/C31H34N6O3/c1-36-11-2-3-15-40-23-24-6-4-7-26(18-24)29-9-10-32-31(35-29)34-28-20-25(22-36)19-27(21-28)33-30(38)8-5-12-37-13-16-39-17-14-37/h2-4,6-7,9-10,18-21H,11-17,22-23H2,1H3,(H,33,38)(H,32,34,35)/b3-2+. The molecule has 2 aromatic carbocycles. The Kier molecular flexibility index (Phi) is 9.50. The lowest BCUT2D eigenvalue weighted by Gasteiger charge is -2.24. The van der Waals surface area contributed by atoms with Crippen molar-refractivity contribution in [2.45, 2.75) is 13.2 Å². The Balaban J connectivity index is 1.38. The predicted molar refractivity (Wildman–Crippen MR) is 156 cm³/mol. The first-order valence-electron chi connectivity index (χ1n) is 13.5. The number of morpholine rings is 1. The zero-order chi connectivity index (χ0) is 27.6. The van der Waals surface area contributed by atoms with Crippen molar-refractivity contribution >= 4 is 23.2 Å². The second-order valence-corrected chi connectivity index (χ2v) is 9.84. The Morgan fingerprint density at radius 3 is 2.88 bits per heavy atom. The van der Waals surface area contributed by atoms with Crippen LogP contribution >= 0.6 is 0 Å². The van der Waals surface area contributed by atoms with E-state index in [0.29, 0.717) is 51.2 Å². The Morgan fingerprint density at radius 2 is 1.98 bits per heavy atom.